The molecule has 1 N–H and O–H groups in total. The van der Waals surface area contributed by atoms with Crippen LogP contribution in [0.3, 0.4) is 0 Å². The first-order chi connectivity index (χ1) is 10.2. The van der Waals surface area contributed by atoms with Gasteiger partial charge in [0.2, 0.25) is 0 Å². The largest absolute Gasteiger partial charge is 0.317 e. The van der Waals surface area contributed by atoms with Crippen molar-refractivity contribution in [1.29, 1.82) is 0 Å². The molecule has 124 valence electrons. The number of nitrogens with zero attached hydrogens (tertiary/aromatic N) is 1. The maximum absolute atomic E-state index is 12.3. The summed E-state index contributed by atoms with van der Waals surface area (Å²) in [5, 5.41) is 3.44. The van der Waals surface area contributed by atoms with Gasteiger partial charge in [0.1, 0.15) is 0 Å². The average Bonchev–Trinajstić information content (AvgIpc) is 2.84. The Bertz CT molecular complexity index is 464. The first-order valence-corrected chi connectivity index (χ1v) is 8.50. The molecule has 1 spiro atoms. The number of hydrogen-bond acceptors (Lipinski definition) is 3. The van der Waals surface area contributed by atoms with Crippen LogP contribution in [0.5, 0.6) is 0 Å². The van der Waals surface area contributed by atoms with Crippen LogP contribution in [-0.2, 0) is 6.54 Å². The van der Waals surface area contributed by atoms with E-state index in [1.54, 1.807) is 0 Å². The molecule has 2 aliphatic rings. The molecule has 2 aliphatic heterocycles. The number of thioether (sulfide) groups is 1. The van der Waals surface area contributed by atoms with Crippen molar-refractivity contribution in [2.75, 3.05) is 26.2 Å². The van der Waals surface area contributed by atoms with Gasteiger partial charge in [-0.25, -0.2) is 0 Å². The van der Waals surface area contributed by atoms with Gasteiger partial charge >= 0.3 is 0 Å². The summed E-state index contributed by atoms with van der Waals surface area (Å²) in [5.41, 5.74) is 1.75. The number of alkyl halides is 2. The van der Waals surface area contributed by atoms with Gasteiger partial charge in [-0.05, 0) is 62.0 Å². The molecule has 3 rings (SSSR count). The lowest BCUT2D eigenvalue weighted by molar-refractivity contribution is 0.194. The van der Waals surface area contributed by atoms with E-state index in [1.807, 2.05) is 24.3 Å². The van der Waals surface area contributed by atoms with Crippen molar-refractivity contribution in [3.8, 4) is 0 Å². The zero-order valence-corrected chi connectivity index (χ0v) is 14.2. The van der Waals surface area contributed by atoms with Crippen LogP contribution in [0.4, 0.5) is 8.78 Å². The van der Waals surface area contributed by atoms with Crippen LogP contribution in [0.2, 0.25) is 0 Å². The van der Waals surface area contributed by atoms with Crippen LogP contribution in [0.25, 0.3) is 0 Å². The molecule has 1 aromatic carbocycles. The summed E-state index contributed by atoms with van der Waals surface area (Å²) in [6, 6.07) is 7.58. The summed E-state index contributed by atoms with van der Waals surface area (Å²) in [4.78, 5) is 3.16. The zero-order chi connectivity index (χ0) is 14.7. The van der Waals surface area contributed by atoms with E-state index in [1.165, 1.54) is 31.4 Å². The van der Waals surface area contributed by atoms with Crippen LogP contribution < -0.4 is 5.32 Å². The molecule has 2 heterocycles. The Kier molecular flexibility index (Phi) is 6.50. The number of rotatable bonds is 4. The van der Waals surface area contributed by atoms with Gasteiger partial charge in [-0.1, -0.05) is 23.9 Å². The van der Waals surface area contributed by atoms with Crippen molar-refractivity contribution in [2.24, 2.45) is 5.41 Å². The minimum absolute atomic E-state index is 0. The van der Waals surface area contributed by atoms with E-state index in [9.17, 15) is 8.78 Å². The normalized spacial score (nSPS) is 21.2. The molecule has 2 fully saturated rings. The predicted octanol–water partition coefficient (Wildman–Crippen LogP) is 4.00. The average molecular weight is 349 g/mol. The van der Waals surface area contributed by atoms with Crippen LogP contribution >= 0.6 is 24.2 Å². The van der Waals surface area contributed by atoms with Crippen LogP contribution in [0, 0.1) is 5.41 Å². The van der Waals surface area contributed by atoms with Crippen molar-refractivity contribution in [2.45, 2.75) is 36.5 Å². The van der Waals surface area contributed by atoms with Gasteiger partial charge in [-0.3, -0.25) is 4.90 Å². The molecular formula is C16H23ClF2N2S. The highest BCUT2D eigenvalue weighted by Gasteiger charge is 2.38. The quantitative estimate of drug-likeness (QED) is 0.828. The molecular weight excluding hydrogens is 326 g/mol. The number of halogens is 3. The second kappa shape index (κ2) is 7.95. The number of likely N-dealkylation sites (tertiary alicyclic amines) is 1. The highest BCUT2D eigenvalue weighted by molar-refractivity contribution is 7.99. The van der Waals surface area contributed by atoms with Crippen LogP contribution in [-0.4, -0.2) is 36.8 Å². The van der Waals surface area contributed by atoms with Crippen molar-refractivity contribution in [1.82, 2.24) is 10.2 Å². The van der Waals surface area contributed by atoms with Crippen LogP contribution in [0.1, 0.15) is 24.8 Å². The SMILES string of the molecule is Cl.FC(F)Sc1ccc(CN2CCC3(CCNCC3)C2)cc1. The topological polar surface area (TPSA) is 15.3 Å². The molecule has 0 atom stereocenters. The molecule has 2 saturated heterocycles. The molecule has 1 aromatic rings. The summed E-state index contributed by atoms with van der Waals surface area (Å²) in [7, 11) is 0. The third-order valence-electron chi connectivity index (χ3n) is 4.74. The molecule has 0 aliphatic carbocycles. The first-order valence-electron chi connectivity index (χ1n) is 7.62. The molecule has 0 bridgehead atoms. The summed E-state index contributed by atoms with van der Waals surface area (Å²) in [6.07, 6.45) is 3.87. The molecule has 0 unspecified atom stereocenters. The van der Waals surface area contributed by atoms with E-state index in [2.05, 4.69) is 10.2 Å². The number of nitrogens with one attached hydrogen (secondary N) is 1. The second-order valence-corrected chi connectivity index (χ2v) is 7.30. The molecule has 0 radical (unpaired) electrons. The minimum Gasteiger partial charge on any atom is -0.317 e. The van der Waals surface area contributed by atoms with E-state index in [-0.39, 0.29) is 12.4 Å². The highest BCUT2D eigenvalue weighted by Crippen LogP contribution is 2.39. The minimum atomic E-state index is -2.34. The molecule has 0 amide bonds. The van der Waals surface area contributed by atoms with Gasteiger partial charge in [0.05, 0.1) is 0 Å². The monoisotopic (exact) mass is 348 g/mol. The molecule has 0 saturated carbocycles. The van der Waals surface area contributed by atoms with E-state index >= 15 is 0 Å². The maximum atomic E-state index is 12.3. The second-order valence-electron chi connectivity index (χ2n) is 6.23. The van der Waals surface area contributed by atoms with Gasteiger partial charge in [0.15, 0.2) is 0 Å². The standard InChI is InChI=1S/C16H22F2N2S.ClH/c17-15(18)21-14-3-1-13(2-4-14)11-20-10-7-16(12-20)5-8-19-9-6-16;/h1-4,15,19H,5-12H2;1H. The number of piperidine rings is 1. The smallest absolute Gasteiger partial charge is 0.288 e. The van der Waals surface area contributed by atoms with Crippen molar-refractivity contribution >= 4 is 24.2 Å². The predicted molar refractivity (Wildman–Crippen MR) is 90.0 cm³/mol. The van der Waals surface area contributed by atoms with Gasteiger partial charge in [-0.2, -0.15) is 8.78 Å². The van der Waals surface area contributed by atoms with Gasteiger partial charge < -0.3 is 5.32 Å². The Balaban J connectivity index is 0.00000176. The van der Waals surface area contributed by atoms with E-state index < -0.39 is 5.76 Å². The Labute approximate surface area is 141 Å². The Morgan fingerprint density at radius 2 is 1.82 bits per heavy atom. The van der Waals surface area contributed by atoms with Crippen molar-refractivity contribution in [3.63, 3.8) is 0 Å². The van der Waals surface area contributed by atoms with Gasteiger partial charge in [0, 0.05) is 18.0 Å². The molecule has 6 heteroatoms. The van der Waals surface area contributed by atoms with E-state index in [4.69, 9.17) is 0 Å². The number of hydrogen-bond donors (Lipinski definition) is 1. The fourth-order valence-corrected chi connectivity index (χ4v) is 4.06. The summed E-state index contributed by atoms with van der Waals surface area (Å²) >= 11 is 0.614. The summed E-state index contributed by atoms with van der Waals surface area (Å²) in [5.74, 6) is -2.34. The summed E-state index contributed by atoms with van der Waals surface area (Å²) < 4.78 is 24.6. The Morgan fingerprint density at radius 3 is 2.45 bits per heavy atom. The fraction of sp³-hybridized carbons (Fsp3) is 0.625. The maximum Gasteiger partial charge on any atom is 0.288 e. The Hall–Kier alpha value is -0.360. The lowest BCUT2D eigenvalue weighted by Crippen LogP contribution is -2.38. The van der Waals surface area contributed by atoms with Crippen LogP contribution in [0.15, 0.2) is 29.2 Å². The number of benzene rings is 1. The van der Waals surface area contributed by atoms with Gasteiger partial charge in [-0.15, -0.1) is 12.4 Å². The van der Waals surface area contributed by atoms with Crippen molar-refractivity contribution < 1.29 is 8.78 Å². The summed E-state index contributed by atoms with van der Waals surface area (Å²) in [6.45, 7) is 5.57. The first kappa shape index (κ1) is 18.0. The lowest BCUT2D eigenvalue weighted by atomic mass is 9.78. The molecule has 0 aromatic heterocycles. The van der Waals surface area contributed by atoms with Crippen molar-refractivity contribution in [3.05, 3.63) is 29.8 Å². The third kappa shape index (κ3) is 4.57. The van der Waals surface area contributed by atoms with E-state index in [0.717, 1.165) is 26.2 Å². The third-order valence-corrected chi connectivity index (χ3v) is 5.46. The Morgan fingerprint density at radius 1 is 1.14 bits per heavy atom. The lowest BCUT2D eigenvalue weighted by Gasteiger charge is -2.33. The van der Waals surface area contributed by atoms with Gasteiger partial charge in [0.25, 0.3) is 5.76 Å². The molecule has 2 nitrogen and oxygen atoms in total. The zero-order valence-electron chi connectivity index (χ0n) is 12.6. The van der Waals surface area contributed by atoms with E-state index in [0.29, 0.717) is 22.1 Å². The fourth-order valence-electron chi connectivity index (χ4n) is 3.56. The molecule has 22 heavy (non-hydrogen) atoms. The highest BCUT2D eigenvalue weighted by atomic mass is 35.5.